The highest BCUT2D eigenvalue weighted by Gasteiger charge is 2.37. The smallest absolute Gasteiger partial charge is 0.242 e. The Labute approximate surface area is 190 Å². The molecular weight excluding hydrogens is 430 g/mol. The number of hydrogen-bond donors (Lipinski definition) is 0. The van der Waals surface area contributed by atoms with Gasteiger partial charge in [-0.05, 0) is 48.4 Å². The van der Waals surface area contributed by atoms with E-state index in [-0.39, 0.29) is 11.2 Å². The number of hydrogen-bond acceptors (Lipinski definition) is 5. The van der Waals surface area contributed by atoms with Crippen molar-refractivity contribution in [1.82, 2.24) is 4.90 Å². The summed E-state index contributed by atoms with van der Waals surface area (Å²) >= 11 is 7.35. The van der Waals surface area contributed by atoms with Crippen molar-refractivity contribution in [1.29, 1.82) is 0 Å². The van der Waals surface area contributed by atoms with Crippen LogP contribution in [0.4, 0.5) is 0 Å². The van der Waals surface area contributed by atoms with Crippen molar-refractivity contribution in [3.05, 3.63) is 95.7 Å². The molecule has 4 rings (SSSR count). The van der Waals surface area contributed by atoms with Crippen molar-refractivity contribution >= 4 is 40.7 Å². The van der Waals surface area contributed by atoms with E-state index in [9.17, 15) is 4.79 Å². The van der Waals surface area contributed by atoms with Crippen molar-refractivity contribution in [2.45, 2.75) is 11.7 Å². The third kappa shape index (κ3) is 5.16. The average Bonchev–Trinajstić information content (AvgIpc) is 3.36. The van der Waals surface area contributed by atoms with Crippen molar-refractivity contribution in [3.63, 3.8) is 0 Å². The Bertz CT molecular complexity index is 1120. The second kappa shape index (κ2) is 9.81. The van der Waals surface area contributed by atoms with Crippen LogP contribution in [0.1, 0.15) is 11.3 Å². The van der Waals surface area contributed by atoms with Crippen LogP contribution < -0.4 is 0 Å². The van der Waals surface area contributed by atoms with E-state index < -0.39 is 0 Å². The van der Waals surface area contributed by atoms with Gasteiger partial charge in [-0.1, -0.05) is 59.8 Å². The SMILES string of the molecule is C=CCN1C(=O)C(Cc2ccccc2)S/C1=N\N=C\c1ccc(-c2ccc(Cl)cc2)o1. The first-order chi connectivity index (χ1) is 15.1. The number of halogens is 1. The van der Waals surface area contributed by atoms with Crippen molar-refractivity contribution in [2.24, 2.45) is 10.2 Å². The predicted molar refractivity (Wildman–Crippen MR) is 128 cm³/mol. The molecule has 0 spiro atoms. The predicted octanol–water partition coefficient (Wildman–Crippen LogP) is 5.66. The lowest BCUT2D eigenvalue weighted by atomic mass is 10.1. The normalized spacial score (nSPS) is 17.7. The second-order valence-electron chi connectivity index (χ2n) is 6.87. The fraction of sp³-hybridized carbons (Fsp3) is 0.125. The summed E-state index contributed by atoms with van der Waals surface area (Å²) in [5.41, 5.74) is 2.04. The molecule has 0 saturated carbocycles. The Morgan fingerprint density at radius 3 is 2.61 bits per heavy atom. The average molecular weight is 450 g/mol. The Morgan fingerprint density at radius 2 is 1.87 bits per heavy atom. The maximum Gasteiger partial charge on any atom is 0.242 e. The number of carbonyl (C=O) groups excluding carboxylic acids is 1. The van der Waals surface area contributed by atoms with Crippen LogP contribution in [0.3, 0.4) is 0 Å². The number of rotatable bonds is 7. The molecule has 1 unspecified atom stereocenters. The quantitative estimate of drug-likeness (QED) is 0.265. The van der Waals surface area contributed by atoms with Crippen LogP contribution in [0.15, 0.2) is 94.0 Å². The maximum absolute atomic E-state index is 12.8. The molecule has 1 aliphatic rings. The number of carbonyl (C=O) groups is 1. The minimum absolute atomic E-state index is 0.0192. The summed E-state index contributed by atoms with van der Waals surface area (Å²) < 4.78 is 5.80. The van der Waals surface area contributed by atoms with Gasteiger partial charge in [-0.25, -0.2) is 0 Å². The lowest BCUT2D eigenvalue weighted by Crippen LogP contribution is -2.32. The van der Waals surface area contributed by atoms with Gasteiger partial charge in [0.1, 0.15) is 11.5 Å². The summed E-state index contributed by atoms with van der Waals surface area (Å²) in [6.07, 6.45) is 3.87. The highest BCUT2D eigenvalue weighted by atomic mass is 35.5. The molecule has 3 aromatic rings. The van der Waals surface area contributed by atoms with Gasteiger partial charge in [-0.2, -0.15) is 5.10 Å². The van der Waals surface area contributed by atoms with E-state index in [0.717, 1.165) is 11.1 Å². The molecule has 0 N–H and O–H groups in total. The fourth-order valence-electron chi connectivity index (χ4n) is 3.17. The molecule has 1 saturated heterocycles. The lowest BCUT2D eigenvalue weighted by molar-refractivity contribution is -0.125. The Balaban J connectivity index is 1.47. The van der Waals surface area contributed by atoms with Crippen LogP contribution in [0.5, 0.6) is 0 Å². The van der Waals surface area contributed by atoms with E-state index in [2.05, 4.69) is 16.8 Å². The molecule has 2 aromatic carbocycles. The van der Waals surface area contributed by atoms with E-state index in [1.807, 2.05) is 66.7 Å². The fourth-order valence-corrected chi connectivity index (χ4v) is 4.44. The van der Waals surface area contributed by atoms with Crippen LogP contribution in [-0.2, 0) is 11.2 Å². The molecule has 1 atom stereocenters. The van der Waals surface area contributed by atoms with Gasteiger partial charge in [0.15, 0.2) is 5.17 Å². The van der Waals surface area contributed by atoms with Gasteiger partial charge < -0.3 is 4.42 Å². The van der Waals surface area contributed by atoms with Gasteiger partial charge in [0.2, 0.25) is 5.91 Å². The largest absolute Gasteiger partial charge is 0.455 e. The van der Waals surface area contributed by atoms with E-state index in [1.165, 1.54) is 18.0 Å². The van der Waals surface area contributed by atoms with Crippen molar-refractivity contribution < 1.29 is 9.21 Å². The molecule has 1 fully saturated rings. The monoisotopic (exact) mass is 449 g/mol. The summed E-state index contributed by atoms with van der Waals surface area (Å²) in [4.78, 5) is 14.4. The molecule has 0 radical (unpaired) electrons. The molecule has 5 nitrogen and oxygen atoms in total. The van der Waals surface area contributed by atoms with Crippen molar-refractivity contribution in [3.8, 4) is 11.3 Å². The second-order valence-corrected chi connectivity index (χ2v) is 8.48. The topological polar surface area (TPSA) is 58.2 Å². The third-order valence-corrected chi connectivity index (χ3v) is 6.10. The number of furan rings is 1. The highest BCUT2D eigenvalue weighted by Crippen LogP contribution is 2.30. The molecule has 1 aliphatic heterocycles. The standard InChI is InChI=1S/C24H20ClN3O2S/c1-2-14-28-23(29)22(15-17-6-4-3-5-7-17)31-24(28)27-26-16-20-12-13-21(30-20)18-8-10-19(25)11-9-18/h2-13,16,22H,1,14-15H2/b26-16+,27-24-. The van der Waals surface area contributed by atoms with E-state index in [4.69, 9.17) is 16.0 Å². The summed E-state index contributed by atoms with van der Waals surface area (Å²) in [5, 5.41) is 9.44. The molecule has 0 bridgehead atoms. The van der Waals surface area contributed by atoms with Gasteiger partial charge in [0.25, 0.3) is 0 Å². The summed E-state index contributed by atoms with van der Waals surface area (Å²) in [6.45, 7) is 4.14. The van der Waals surface area contributed by atoms with Gasteiger partial charge in [0.05, 0.1) is 11.5 Å². The van der Waals surface area contributed by atoms with E-state index in [1.54, 1.807) is 11.0 Å². The number of thioether (sulfide) groups is 1. The Hall–Kier alpha value is -3.09. The molecule has 1 amide bonds. The summed E-state index contributed by atoms with van der Waals surface area (Å²) in [5.74, 6) is 1.30. The van der Waals surface area contributed by atoms with Crippen LogP contribution in [0.25, 0.3) is 11.3 Å². The first kappa shape index (κ1) is 21.2. The number of amidine groups is 1. The summed E-state index contributed by atoms with van der Waals surface area (Å²) in [6, 6.07) is 21.1. The molecule has 156 valence electrons. The third-order valence-electron chi connectivity index (χ3n) is 4.68. The summed E-state index contributed by atoms with van der Waals surface area (Å²) in [7, 11) is 0. The van der Waals surface area contributed by atoms with E-state index in [0.29, 0.717) is 34.7 Å². The molecular formula is C24H20ClN3O2S. The zero-order valence-electron chi connectivity index (χ0n) is 16.6. The number of amides is 1. The van der Waals surface area contributed by atoms with Crippen molar-refractivity contribution in [2.75, 3.05) is 6.54 Å². The zero-order valence-corrected chi connectivity index (χ0v) is 18.2. The molecule has 2 heterocycles. The highest BCUT2D eigenvalue weighted by molar-refractivity contribution is 8.15. The molecule has 31 heavy (non-hydrogen) atoms. The minimum Gasteiger partial charge on any atom is -0.455 e. The van der Waals surface area contributed by atoms with Gasteiger partial charge in [0, 0.05) is 17.1 Å². The lowest BCUT2D eigenvalue weighted by Gasteiger charge is -2.12. The van der Waals surface area contributed by atoms with Gasteiger partial charge in [-0.15, -0.1) is 11.7 Å². The molecule has 1 aromatic heterocycles. The van der Waals surface area contributed by atoms with E-state index >= 15 is 0 Å². The number of benzene rings is 2. The van der Waals surface area contributed by atoms with Crippen LogP contribution in [0, 0.1) is 0 Å². The zero-order chi connectivity index (χ0) is 21.6. The number of nitrogens with zero attached hydrogens (tertiary/aromatic N) is 3. The van der Waals surface area contributed by atoms with Crippen LogP contribution in [0.2, 0.25) is 5.02 Å². The Kier molecular flexibility index (Phi) is 6.70. The van der Waals surface area contributed by atoms with Gasteiger partial charge in [-0.3, -0.25) is 9.69 Å². The van der Waals surface area contributed by atoms with Crippen LogP contribution in [-0.4, -0.2) is 34.0 Å². The minimum atomic E-state index is -0.226. The molecule has 7 heteroatoms. The maximum atomic E-state index is 12.8. The van der Waals surface area contributed by atoms with Gasteiger partial charge >= 0.3 is 0 Å². The first-order valence-electron chi connectivity index (χ1n) is 9.73. The molecule has 0 aliphatic carbocycles. The van der Waals surface area contributed by atoms with Crippen LogP contribution >= 0.6 is 23.4 Å². The Morgan fingerprint density at radius 1 is 1.10 bits per heavy atom. The first-order valence-corrected chi connectivity index (χ1v) is 11.0.